The fourth-order valence-electron chi connectivity index (χ4n) is 2.88. The van der Waals surface area contributed by atoms with Gasteiger partial charge in [0.05, 0.1) is 22.3 Å². The van der Waals surface area contributed by atoms with Gasteiger partial charge in [0, 0.05) is 0 Å². The van der Waals surface area contributed by atoms with E-state index >= 15 is 0 Å². The van der Waals surface area contributed by atoms with Crippen molar-refractivity contribution < 1.29 is 52.7 Å². The van der Waals surface area contributed by atoms with E-state index in [1.807, 2.05) is 0 Å². The molecular weight excluding hydrogens is 420 g/mol. The Balaban J connectivity index is 4.70. The van der Waals surface area contributed by atoms with Gasteiger partial charge in [-0.15, -0.1) is 0 Å². The molecule has 0 aromatic heterocycles. The van der Waals surface area contributed by atoms with E-state index in [2.05, 4.69) is 6.58 Å². The van der Waals surface area contributed by atoms with Crippen LogP contribution in [0.5, 0.6) is 0 Å². The van der Waals surface area contributed by atoms with E-state index in [1.165, 1.54) is 0 Å². The summed E-state index contributed by atoms with van der Waals surface area (Å²) in [6.45, 7) is 4.54. The van der Waals surface area contributed by atoms with Crippen molar-refractivity contribution in [2.24, 2.45) is 0 Å². The molecule has 0 bridgehead atoms. The minimum Gasteiger partial charge on any atom is -0.166 e. The van der Waals surface area contributed by atoms with Gasteiger partial charge in [0.25, 0.3) is 0 Å². The van der Waals surface area contributed by atoms with E-state index in [0.717, 1.165) is 0 Å². The maximum atomic E-state index is 13.5. The highest BCUT2D eigenvalue weighted by atomic mass is 19.4. The van der Waals surface area contributed by atoms with Crippen LogP contribution in [0.4, 0.5) is 52.7 Å². The summed E-state index contributed by atoms with van der Waals surface area (Å²) in [6.07, 6.45) is -24.5. The Hall–Kier alpha value is -1.88. The fraction of sp³-hybridized carbons (Fsp3) is 0.500. The van der Waals surface area contributed by atoms with E-state index < -0.39 is 63.5 Å². The summed E-state index contributed by atoms with van der Waals surface area (Å²) < 4.78 is 161. The molecule has 1 aromatic rings. The Labute approximate surface area is 150 Å². The molecule has 28 heavy (non-hydrogen) atoms. The third kappa shape index (κ3) is 4.40. The summed E-state index contributed by atoms with van der Waals surface area (Å²) in [6, 6.07) is 0. The highest BCUT2D eigenvalue weighted by Crippen LogP contribution is 2.55. The smallest absolute Gasteiger partial charge is 0.166 e. The van der Waals surface area contributed by atoms with Crippen molar-refractivity contribution >= 4 is 6.08 Å². The standard InChI is InChI=1S/C16H12F12/c1-5-6-7(13(17,18)19)10(15(23,24)25)9(12(2,3)4)11(16(26,27)28)8(6)14(20,21)22/h5H,1H2,2-4H3. The van der Waals surface area contributed by atoms with Crippen molar-refractivity contribution in [2.75, 3.05) is 0 Å². The van der Waals surface area contributed by atoms with Crippen LogP contribution in [0.25, 0.3) is 6.08 Å². The van der Waals surface area contributed by atoms with Crippen LogP contribution in [0.15, 0.2) is 6.58 Å². The van der Waals surface area contributed by atoms with E-state index in [1.54, 1.807) is 0 Å². The molecular formula is C16H12F12. The van der Waals surface area contributed by atoms with Gasteiger partial charge in [0.1, 0.15) is 0 Å². The molecule has 0 N–H and O–H groups in total. The van der Waals surface area contributed by atoms with Crippen molar-refractivity contribution in [1.82, 2.24) is 0 Å². The molecule has 0 unspecified atom stereocenters. The Kier molecular flexibility index (Phi) is 5.68. The molecule has 0 atom stereocenters. The fourth-order valence-corrected chi connectivity index (χ4v) is 2.88. The second-order valence-corrected chi connectivity index (χ2v) is 6.73. The number of rotatable bonds is 1. The lowest BCUT2D eigenvalue weighted by molar-refractivity contribution is -0.172. The van der Waals surface area contributed by atoms with Crippen molar-refractivity contribution in [3.63, 3.8) is 0 Å². The Bertz CT molecular complexity index is 711. The van der Waals surface area contributed by atoms with Crippen LogP contribution in [0.1, 0.15) is 54.2 Å². The molecule has 160 valence electrons. The molecule has 0 heterocycles. The van der Waals surface area contributed by atoms with E-state index in [0.29, 0.717) is 20.8 Å². The van der Waals surface area contributed by atoms with Crippen LogP contribution < -0.4 is 0 Å². The first-order valence-electron chi connectivity index (χ1n) is 7.21. The second kappa shape index (κ2) is 6.58. The minimum absolute atomic E-state index is 0.303. The molecule has 0 fully saturated rings. The lowest BCUT2D eigenvalue weighted by Gasteiger charge is -2.34. The van der Waals surface area contributed by atoms with Gasteiger partial charge in [-0.3, -0.25) is 0 Å². The average Bonchev–Trinajstić information content (AvgIpc) is 2.38. The first kappa shape index (κ1) is 24.2. The highest BCUT2D eigenvalue weighted by molar-refractivity contribution is 5.68. The topological polar surface area (TPSA) is 0 Å². The van der Waals surface area contributed by atoms with E-state index in [4.69, 9.17) is 0 Å². The van der Waals surface area contributed by atoms with Crippen LogP contribution in [0, 0.1) is 0 Å². The molecule has 0 saturated carbocycles. The highest BCUT2D eigenvalue weighted by Gasteiger charge is 2.56. The minimum atomic E-state index is -6.04. The second-order valence-electron chi connectivity index (χ2n) is 6.73. The third-order valence-electron chi connectivity index (χ3n) is 3.63. The first-order chi connectivity index (χ1) is 12.1. The van der Waals surface area contributed by atoms with Gasteiger partial charge < -0.3 is 0 Å². The summed E-state index contributed by atoms with van der Waals surface area (Å²) in [5.41, 5.74) is -18.2. The summed E-state index contributed by atoms with van der Waals surface area (Å²) in [4.78, 5) is 0. The number of hydrogen-bond donors (Lipinski definition) is 0. The summed E-state index contributed by atoms with van der Waals surface area (Å²) in [5.74, 6) is 0. The summed E-state index contributed by atoms with van der Waals surface area (Å²) in [7, 11) is 0. The van der Waals surface area contributed by atoms with Crippen molar-refractivity contribution in [3.05, 3.63) is 40.0 Å². The zero-order valence-corrected chi connectivity index (χ0v) is 14.3. The van der Waals surface area contributed by atoms with Crippen LogP contribution in [0.3, 0.4) is 0 Å². The SMILES string of the molecule is C=Cc1c(C(F)(F)F)c(C(F)(F)F)c(C(C)(C)C)c(C(F)(F)F)c1C(F)(F)F. The maximum absolute atomic E-state index is 13.5. The Morgan fingerprint density at radius 1 is 0.500 bits per heavy atom. The zero-order valence-electron chi connectivity index (χ0n) is 14.3. The molecule has 12 heteroatoms. The lowest BCUT2D eigenvalue weighted by atomic mass is 9.74. The van der Waals surface area contributed by atoms with Gasteiger partial charge in [-0.1, -0.05) is 33.4 Å². The molecule has 0 aliphatic carbocycles. The van der Waals surface area contributed by atoms with Crippen molar-refractivity contribution in [3.8, 4) is 0 Å². The normalized spacial score (nSPS) is 14.4. The van der Waals surface area contributed by atoms with E-state index in [-0.39, 0.29) is 6.08 Å². The van der Waals surface area contributed by atoms with Crippen LogP contribution >= 0.6 is 0 Å². The number of benzene rings is 1. The van der Waals surface area contributed by atoms with Crippen LogP contribution in [-0.4, -0.2) is 0 Å². The largest absolute Gasteiger partial charge is 0.417 e. The Morgan fingerprint density at radius 3 is 0.893 bits per heavy atom. The maximum Gasteiger partial charge on any atom is 0.417 e. The lowest BCUT2D eigenvalue weighted by Crippen LogP contribution is -2.33. The monoisotopic (exact) mass is 432 g/mol. The van der Waals surface area contributed by atoms with Gasteiger partial charge in [-0.05, 0) is 16.5 Å². The zero-order chi connectivity index (χ0) is 22.7. The van der Waals surface area contributed by atoms with Gasteiger partial charge in [-0.25, -0.2) is 0 Å². The predicted octanol–water partition coefficient (Wildman–Crippen LogP) is 7.70. The van der Waals surface area contributed by atoms with Gasteiger partial charge in [0.2, 0.25) is 0 Å². The molecule has 1 rings (SSSR count). The van der Waals surface area contributed by atoms with Gasteiger partial charge >= 0.3 is 24.7 Å². The first-order valence-corrected chi connectivity index (χ1v) is 7.21. The average molecular weight is 432 g/mol. The predicted molar refractivity (Wildman–Crippen MR) is 75.2 cm³/mol. The molecule has 0 spiro atoms. The molecule has 0 nitrogen and oxygen atoms in total. The molecule has 0 saturated heterocycles. The molecule has 0 aliphatic rings. The number of alkyl halides is 12. The van der Waals surface area contributed by atoms with Crippen LogP contribution in [-0.2, 0) is 30.1 Å². The molecule has 1 aromatic carbocycles. The molecule has 0 radical (unpaired) electrons. The van der Waals surface area contributed by atoms with E-state index in [9.17, 15) is 52.7 Å². The molecule has 0 amide bonds. The van der Waals surface area contributed by atoms with Crippen LogP contribution in [0.2, 0.25) is 0 Å². The van der Waals surface area contributed by atoms with Crippen molar-refractivity contribution in [1.29, 1.82) is 0 Å². The number of hydrogen-bond acceptors (Lipinski definition) is 0. The Morgan fingerprint density at radius 2 is 0.750 bits per heavy atom. The van der Waals surface area contributed by atoms with Gasteiger partial charge in [-0.2, -0.15) is 52.7 Å². The summed E-state index contributed by atoms with van der Waals surface area (Å²) in [5, 5.41) is 0. The summed E-state index contributed by atoms with van der Waals surface area (Å²) >= 11 is 0. The quantitative estimate of drug-likeness (QED) is 0.399. The molecule has 0 aliphatic heterocycles. The third-order valence-corrected chi connectivity index (χ3v) is 3.63. The van der Waals surface area contributed by atoms with Crippen molar-refractivity contribution in [2.45, 2.75) is 50.9 Å². The number of halogens is 12. The van der Waals surface area contributed by atoms with Gasteiger partial charge in [0.15, 0.2) is 0 Å².